The number of halogens is 2. The lowest BCUT2D eigenvalue weighted by atomic mass is 9.97. The number of nitrogens with two attached hydrogens (primary N) is 1. The summed E-state index contributed by atoms with van der Waals surface area (Å²) in [5, 5.41) is 12.3. The molecule has 2 saturated heterocycles. The summed E-state index contributed by atoms with van der Waals surface area (Å²) in [6.07, 6.45) is 4.19. The van der Waals surface area contributed by atoms with E-state index in [9.17, 15) is 4.79 Å². The third-order valence-electron chi connectivity index (χ3n) is 7.69. The molecule has 10 nitrogen and oxygen atoms in total. The number of anilines is 2. The van der Waals surface area contributed by atoms with Gasteiger partial charge in [0, 0.05) is 55.4 Å². The first-order valence-electron chi connectivity index (χ1n) is 14.2. The summed E-state index contributed by atoms with van der Waals surface area (Å²) in [4.78, 5) is 28.2. The van der Waals surface area contributed by atoms with Crippen molar-refractivity contribution in [2.24, 2.45) is 0 Å². The number of benzene rings is 1. The quantitative estimate of drug-likeness (QED) is 0.360. The molecule has 0 bridgehead atoms. The average Bonchev–Trinajstić information content (AvgIpc) is 2.97. The number of carbonyl (C=O) groups is 1. The number of ether oxygens (including phenoxy) is 1. The molecule has 4 rings (SSSR count). The lowest BCUT2D eigenvalue weighted by molar-refractivity contribution is 0.0608. The van der Waals surface area contributed by atoms with Crippen molar-refractivity contribution in [3.8, 4) is 5.75 Å². The molecule has 12 heteroatoms. The van der Waals surface area contributed by atoms with Crippen molar-refractivity contribution >= 4 is 40.7 Å². The number of amides is 1. The SMILES string of the molecule is CCCOc1cc(Cl)ccc1CN1CCC(N2CCN(c3nc(N)c(C(=O)NCCO)nc3Cl)C[C@@H]2CC)CC1. The number of piperidine rings is 1. The molecule has 2 aliphatic rings. The Hall–Kier alpha value is -2.37. The van der Waals surface area contributed by atoms with Gasteiger partial charge in [0.25, 0.3) is 5.91 Å². The fourth-order valence-electron chi connectivity index (χ4n) is 5.60. The molecule has 0 saturated carbocycles. The molecule has 1 amide bonds. The van der Waals surface area contributed by atoms with E-state index >= 15 is 0 Å². The maximum Gasteiger partial charge on any atom is 0.273 e. The molecule has 2 fully saturated rings. The molecule has 1 aromatic heterocycles. The molecule has 0 spiro atoms. The molecule has 0 radical (unpaired) electrons. The molecule has 40 heavy (non-hydrogen) atoms. The highest BCUT2D eigenvalue weighted by Gasteiger charge is 2.34. The number of rotatable bonds is 11. The zero-order chi connectivity index (χ0) is 28.6. The third-order valence-corrected chi connectivity index (χ3v) is 8.17. The fourth-order valence-corrected chi connectivity index (χ4v) is 6.01. The van der Waals surface area contributed by atoms with E-state index in [1.165, 1.54) is 5.56 Å². The Labute approximate surface area is 246 Å². The van der Waals surface area contributed by atoms with Crippen molar-refractivity contribution in [2.45, 2.75) is 58.2 Å². The van der Waals surface area contributed by atoms with Gasteiger partial charge in [0.15, 0.2) is 22.5 Å². The molecule has 220 valence electrons. The Bertz CT molecular complexity index is 1150. The van der Waals surface area contributed by atoms with Gasteiger partial charge in [-0.3, -0.25) is 14.6 Å². The molecule has 0 unspecified atom stereocenters. The normalized spacial score (nSPS) is 19.1. The van der Waals surface area contributed by atoms with E-state index < -0.39 is 5.91 Å². The molecule has 2 aliphatic heterocycles. The fraction of sp³-hybridized carbons (Fsp3) is 0.607. The van der Waals surface area contributed by atoms with Crippen LogP contribution in [-0.4, -0.2) is 95.3 Å². The number of nitrogen functional groups attached to an aromatic ring is 1. The van der Waals surface area contributed by atoms with E-state index in [0.717, 1.165) is 70.7 Å². The molecular weight excluding hydrogens is 553 g/mol. The Kier molecular flexibility index (Phi) is 11.1. The van der Waals surface area contributed by atoms with Crippen LogP contribution >= 0.6 is 23.2 Å². The van der Waals surface area contributed by atoms with Gasteiger partial charge in [0.05, 0.1) is 13.2 Å². The summed E-state index contributed by atoms with van der Waals surface area (Å²) in [5.74, 6) is 0.923. The van der Waals surface area contributed by atoms with Gasteiger partial charge in [0.2, 0.25) is 0 Å². The lowest BCUT2D eigenvalue weighted by Gasteiger charge is -2.47. The number of likely N-dealkylation sites (tertiary alicyclic amines) is 1. The standard InChI is InChI=1S/C28H41Cl2N7O3/c1-3-15-40-23-16-20(29)6-5-19(23)17-35-10-7-22(8-11-35)37-13-12-36(18-21(37)4-2)27-25(30)33-24(26(31)34-27)28(39)32-9-14-38/h5-6,16,21-22,38H,3-4,7-15,17-18H2,1-2H3,(H2,31,34)(H,32,39)/t21-/m0/s1. The van der Waals surface area contributed by atoms with Crippen LogP contribution in [0.25, 0.3) is 0 Å². The van der Waals surface area contributed by atoms with Gasteiger partial charge in [-0.05, 0) is 50.9 Å². The average molecular weight is 595 g/mol. The third kappa shape index (κ3) is 7.47. The molecular formula is C28H41Cl2N7O3. The minimum atomic E-state index is -0.504. The van der Waals surface area contributed by atoms with Gasteiger partial charge in [-0.25, -0.2) is 9.97 Å². The van der Waals surface area contributed by atoms with Crippen molar-refractivity contribution in [1.82, 2.24) is 25.1 Å². The van der Waals surface area contributed by atoms with Crippen molar-refractivity contribution in [1.29, 1.82) is 0 Å². The predicted octanol–water partition coefficient (Wildman–Crippen LogP) is 3.44. The minimum Gasteiger partial charge on any atom is -0.493 e. The van der Waals surface area contributed by atoms with Crippen LogP contribution in [0.1, 0.15) is 55.6 Å². The largest absolute Gasteiger partial charge is 0.493 e. The Balaban J connectivity index is 1.35. The second-order valence-corrected chi connectivity index (χ2v) is 11.2. The number of hydrogen-bond donors (Lipinski definition) is 3. The second kappa shape index (κ2) is 14.5. The molecule has 0 aliphatic carbocycles. The van der Waals surface area contributed by atoms with Gasteiger partial charge in [-0.15, -0.1) is 0 Å². The van der Waals surface area contributed by atoms with E-state index in [-0.39, 0.29) is 29.8 Å². The molecule has 1 atom stereocenters. The zero-order valence-corrected chi connectivity index (χ0v) is 24.9. The van der Waals surface area contributed by atoms with E-state index in [0.29, 0.717) is 29.5 Å². The van der Waals surface area contributed by atoms with E-state index in [2.05, 4.69) is 49.9 Å². The highest BCUT2D eigenvalue weighted by molar-refractivity contribution is 6.32. The lowest BCUT2D eigenvalue weighted by Crippen LogP contribution is -2.58. The summed E-state index contributed by atoms with van der Waals surface area (Å²) >= 11 is 12.7. The topological polar surface area (TPSA) is 120 Å². The van der Waals surface area contributed by atoms with Crippen LogP contribution in [0, 0.1) is 0 Å². The Morgan fingerprint density at radius 2 is 1.95 bits per heavy atom. The maximum atomic E-state index is 12.3. The summed E-state index contributed by atoms with van der Waals surface area (Å²) in [5.41, 5.74) is 7.24. The van der Waals surface area contributed by atoms with Gasteiger partial charge in [0.1, 0.15) is 5.75 Å². The van der Waals surface area contributed by atoms with Crippen LogP contribution in [0.5, 0.6) is 5.75 Å². The molecule has 4 N–H and O–H groups in total. The molecule has 2 aromatic rings. The smallest absolute Gasteiger partial charge is 0.273 e. The number of carbonyl (C=O) groups excluding carboxylic acids is 1. The summed E-state index contributed by atoms with van der Waals surface area (Å²) < 4.78 is 5.97. The van der Waals surface area contributed by atoms with E-state index in [1.807, 2.05) is 12.1 Å². The summed E-state index contributed by atoms with van der Waals surface area (Å²) in [6.45, 7) is 10.3. The zero-order valence-electron chi connectivity index (χ0n) is 23.4. The molecule has 3 heterocycles. The highest BCUT2D eigenvalue weighted by Crippen LogP contribution is 2.31. The summed E-state index contributed by atoms with van der Waals surface area (Å²) in [6, 6.07) is 6.82. The number of aliphatic hydroxyl groups excluding tert-OH is 1. The monoisotopic (exact) mass is 593 g/mol. The van der Waals surface area contributed by atoms with E-state index in [4.69, 9.17) is 38.8 Å². The number of aliphatic hydroxyl groups is 1. The first kappa shape index (κ1) is 30.6. The van der Waals surface area contributed by atoms with Crippen molar-refractivity contribution in [3.63, 3.8) is 0 Å². The van der Waals surface area contributed by atoms with Gasteiger partial charge >= 0.3 is 0 Å². The Morgan fingerprint density at radius 1 is 1.18 bits per heavy atom. The van der Waals surface area contributed by atoms with Gasteiger partial charge in [-0.1, -0.05) is 43.1 Å². The second-order valence-electron chi connectivity index (χ2n) is 10.4. The van der Waals surface area contributed by atoms with Crippen LogP contribution in [0.3, 0.4) is 0 Å². The summed E-state index contributed by atoms with van der Waals surface area (Å²) in [7, 11) is 0. The number of aromatic nitrogens is 2. The van der Waals surface area contributed by atoms with Gasteiger partial charge in [-0.2, -0.15) is 0 Å². The van der Waals surface area contributed by atoms with Crippen LogP contribution in [0.15, 0.2) is 18.2 Å². The Morgan fingerprint density at radius 3 is 2.65 bits per heavy atom. The van der Waals surface area contributed by atoms with Crippen LogP contribution < -0.4 is 20.7 Å². The van der Waals surface area contributed by atoms with Crippen molar-refractivity contribution in [2.75, 3.05) is 63.1 Å². The number of piperazine rings is 1. The van der Waals surface area contributed by atoms with E-state index in [1.54, 1.807) is 0 Å². The van der Waals surface area contributed by atoms with Crippen LogP contribution in [0.4, 0.5) is 11.6 Å². The van der Waals surface area contributed by atoms with Crippen molar-refractivity contribution < 1.29 is 14.6 Å². The first-order valence-corrected chi connectivity index (χ1v) is 15.0. The number of nitrogens with one attached hydrogen (secondary N) is 1. The van der Waals surface area contributed by atoms with Crippen LogP contribution in [-0.2, 0) is 6.54 Å². The van der Waals surface area contributed by atoms with Crippen LogP contribution in [0.2, 0.25) is 10.2 Å². The highest BCUT2D eigenvalue weighted by atomic mass is 35.5. The minimum absolute atomic E-state index is 0.0257. The first-order chi connectivity index (χ1) is 19.3. The maximum absolute atomic E-state index is 12.3. The van der Waals surface area contributed by atoms with Crippen molar-refractivity contribution in [3.05, 3.63) is 39.6 Å². The van der Waals surface area contributed by atoms with Gasteiger partial charge < -0.3 is 25.8 Å². The molecule has 1 aromatic carbocycles. The number of hydrogen-bond acceptors (Lipinski definition) is 9. The predicted molar refractivity (Wildman–Crippen MR) is 159 cm³/mol. The number of nitrogens with zero attached hydrogens (tertiary/aromatic N) is 5.